The molecule has 0 saturated carbocycles. The van der Waals surface area contributed by atoms with Crippen LogP contribution < -0.4 is 10.6 Å². The molecule has 0 aliphatic carbocycles. The molecule has 0 bridgehead atoms. The number of hydrogen-bond donors (Lipinski definition) is 2. The van der Waals surface area contributed by atoms with Crippen molar-refractivity contribution in [2.45, 2.75) is 26.4 Å². The van der Waals surface area contributed by atoms with E-state index in [2.05, 4.69) is 29.7 Å². The summed E-state index contributed by atoms with van der Waals surface area (Å²) in [4.78, 5) is 11.2. The van der Waals surface area contributed by atoms with Crippen LogP contribution in [0.25, 0.3) is 0 Å². The highest BCUT2D eigenvalue weighted by molar-refractivity contribution is 5.85. The molecule has 0 aromatic heterocycles. The Labute approximate surface area is 103 Å². The number of nitrogens with one attached hydrogen (secondary N) is 2. The highest BCUT2D eigenvalue weighted by Crippen LogP contribution is 2.06. The Kier molecular flexibility index (Phi) is 6.77. The molecule has 1 aromatic carbocycles. The first-order valence-corrected chi connectivity index (χ1v) is 5.14. The third-order valence-electron chi connectivity index (χ3n) is 2.50. The zero-order chi connectivity index (χ0) is 11.3. The summed E-state index contributed by atoms with van der Waals surface area (Å²) in [6, 6.07) is 8.00. The van der Waals surface area contributed by atoms with Crippen molar-refractivity contribution < 1.29 is 4.79 Å². The van der Waals surface area contributed by atoms with Gasteiger partial charge in [0.2, 0.25) is 5.91 Å². The van der Waals surface area contributed by atoms with Crippen molar-refractivity contribution in [3.05, 3.63) is 35.4 Å². The lowest BCUT2D eigenvalue weighted by Crippen LogP contribution is -2.40. The molecule has 0 heterocycles. The zero-order valence-electron chi connectivity index (χ0n) is 9.91. The molecule has 0 aliphatic heterocycles. The average Bonchev–Trinajstić information content (AvgIpc) is 2.26. The zero-order valence-corrected chi connectivity index (χ0v) is 10.7. The van der Waals surface area contributed by atoms with E-state index < -0.39 is 0 Å². The van der Waals surface area contributed by atoms with E-state index in [1.165, 1.54) is 11.1 Å². The van der Waals surface area contributed by atoms with Gasteiger partial charge >= 0.3 is 0 Å². The molecule has 1 atom stereocenters. The molecule has 0 spiro atoms. The molecule has 1 aromatic rings. The van der Waals surface area contributed by atoms with E-state index in [4.69, 9.17) is 0 Å². The smallest absolute Gasteiger partial charge is 0.236 e. The normalized spacial score (nSPS) is 11.4. The maximum absolute atomic E-state index is 11.2. The number of hydrogen-bond acceptors (Lipinski definition) is 2. The lowest BCUT2D eigenvalue weighted by atomic mass is 10.1. The summed E-state index contributed by atoms with van der Waals surface area (Å²) in [5.74, 6) is 0.0172. The van der Waals surface area contributed by atoms with Crippen LogP contribution in [0.1, 0.15) is 18.1 Å². The van der Waals surface area contributed by atoms with Crippen LogP contribution in [-0.4, -0.2) is 19.0 Å². The third-order valence-corrected chi connectivity index (χ3v) is 2.50. The first kappa shape index (κ1) is 14.9. The van der Waals surface area contributed by atoms with E-state index in [1.807, 2.05) is 19.1 Å². The number of carbonyl (C=O) groups excluding carboxylic acids is 1. The third kappa shape index (κ3) is 4.21. The second-order valence-corrected chi connectivity index (χ2v) is 3.64. The summed E-state index contributed by atoms with van der Waals surface area (Å²) in [5, 5.41) is 5.79. The predicted octanol–water partition coefficient (Wildman–Crippen LogP) is 1.64. The van der Waals surface area contributed by atoms with Crippen molar-refractivity contribution in [1.82, 2.24) is 10.6 Å². The van der Waals surface area contributed by atoms with E-state index in [0.717, 1.165) is 6.54 Å². The fraction of sp³-hybridized carbons (Fsp3) is 0.417. The number of likely N-dealkylation sites (N-methyl/N-ethyl adjacent to an activating group) is 1. The van der Waals surface area contributed by atoms with Crippen LogP contribution in [0, 0.1) is 6.92 Å². The monoisotopic (exact) mass is 242 g/mol. The van der Waals surface area contributed by atoms with Gasteiger partial charge in [0.15, 0.2) is 0 Å². The minimum absolute atomic E-state index is 0. The Morgan fingerprint density at radius 2 is 2.00 bits per heavy atom. The highest BCUT2D eigenvalue weighted by atomic mass is 35.5. The van der Waals surface area contributed by atoms with E-state index in [1.54, 1.807) is 7.05 Å². The van der Waals surface area contributed by atoms with Crippen molar-refractivity contribution in [2.75, 3.05) is 7.05 Å². The average molecular weight is 243 g/mol. The number of amides is 1. The molecule has 1 amide bonds. The minimum Gasteiger partial charge on any atom is -0.358 e. The number of halogens is 1. The maximum Gasteiger partial charge on any atom is 0.236 e. The topological polar surface area (TPSA) is 41.1 Å². The van der Waals surface area contributed by atoms with Gasteiger partial charge in [-0.25, -0.2) is 0 Å². The first-order valence-electron chi connectivity index (χ1n) is 5.14. The molecule has 4 heteroatoms. The molecule has 1 rings (SSSR count). The summed E-state index contributed by atoms with van der Waals surface area (Å²) in [6.07, 6.45) is 0. The number of benzene rings is 1. The molecule has 90 valence electrons. The van der Waals surface area contributed by atoms with Gasteiger partial charge in [-0.2, -0.15) is 0 Å². The number of rotatable bonds is 4. The van der Waals surface area contributed by atoms with Gasteiger partial charge in [0.05, 0.1) is 6.04 Å². The molecule has 3 nitrogen and oxygen atoms in total. The minimum atomic E-state index is -0.158. The second kappa shape index (κ2) is 7.25. The largest absolute Gasteiger partial charge is 0.358 e. The predicted molar refractivity (Wildman–Crippen MR) is 68.8 cm³/mol. The van der Waals surface area contributed by atoms with Crippen LogP contribution in [0.3, 0.4) is 0 Å². The fourth-order valence-corrected chi connectivity index (χ4v) is 1.38. The summed E-state index contributed by atoms with van der Waals surface area (Å²) in [7, 11) is 1.65. The lowest BCUT2D eigenvalue weighted by Gasteiger charge is -2.13. The Hall–Kier alpha value is -1.06. The van der Waals surface area contributed by atoms with Gasteiger partial charge in [0.25, 0.3) is 0 Å². The SMILES string of the molecule is CNC(=O)[C@@H](C)NCc1ccccc1C.Cl. The standard InChI is InChI=1S/C12H18N2O.ClH/c1-9-6-4-5-7-11(9)8-14-10(2)12(15)13-3;/h4-7,10,14H,8H2,1-3H3,(H,13,15);1H/t10-;/m1./s1. The van der Waals surface area contributed by atoms with Crippen molar-refractivity contribution >= 4 is 18.3 Å². The maximum atomic E-state index is 11.2. The Balaban J connectivity index is 0.00000225. The number of carbonyl (C=O) groups is 1. The molecule has 16 heavy (non-hydrogen) atoms. The molecule has 2 N–H and O–H groups in total. The van der Waals surface area contributed by atoms with Gasteiger partial charge in [-0.3, -0.25) is 4.79 Å². The van der Waals surface area contributed by atoms with Gasteiger partial charge < -0.3 is 10.6 Å². The molecule has 0 aliphatic rings. The molecule has 0 unspecified atom stereocenters. The summed E-state index contributed by atoms with van der Waals surface area (Å²) >= 11 is 0. The van der Waals surface area contributed by atoms with Crippen molar-refractivity contribution in [3.8, 4) is 0 Å². The van der Waals surface area contributed by atoms with Crippen molar-refractivity contribution in [3.63, 3.8) is 0 Å². The van der Waals surface area contributed by atoms with Crippen molar-refractivity contribution in [2.24, 2.45) is 0 Å². The van der Waals surface area contributed by atoms with E-state index >= 15 is 0 Å². The van der Waals surface area contributed by atoms with E-state index in [9.17, 15) is 4.79 Å². The van der Waals surface area contributed by atoms with Gasteiger partial charge in [0.1, 0.15) is 0 Å². The Morgan fingerprint density at radius 3 is 2.56 bits per heavy atom. The molecular weight excluding hydrogens is 224 g/mol. The van der Waals surface area contributed by atoms with Crippen LogP contribution in [0.4, 0.5) is 0 Å². The second-order valence-electron chi connectivity index (χ2n) is 3.64. The van der Waals surface area contributed by atoms with E-state index in [-0.39, 0.29) is 24.4 Å². The van der Waals surface area contributed by atoms with Gasteiger partial charge in [-0.1, -0.05) is 24.3 Å². The Morgan fingerprint density at radius 1 is 1.38 bits per heavy atom. The van der Waals surface area contributed by atoms with Crippen LogP contribution in [0.5, 0.6) is 0 Å². The van der Waals surface area contributed by atoms with Crippen molar-refractivity contribution in [1.29, 1.82) is 0 Å². The molecule has 0 fully saturated rings. The quantitative estimate of drug-likeness (QED) is 0.843. The lowest BCUT2D eigenvalue weighted by molar-refractivity contribution is -0.122. The van der Waals surface area contributed by atoms with Crippen LogP contribution in [0.2, 0.25) is 0 Å². The first-order chi connectivity index (χ1) is 7.15. The van der Waals surface area contributed by atoms with E-state index in [0.29, 0.717) is 0 Å². The molecular formula is C12H19ClN2O. The van der Waals surface area contributed by atoms with Crippen LogP contribution in [-0.2, 0) is 11.3 Å². The van der Waals surface area contributed by atoms with Gasteiger partial charge in [0, 0.05) is 13.6 Å². The molecule has 0 saturated heterocycles. The van der Waals surface area contributed by atoms with Crippen LogP contribution >= 0.6 is 12.4 Å². The molecule has 0 radical (unpaired) electrons. The van der Waals surface area contributed by atoms with Gasteiger partial charge in [-0.05, 0) is 25.0 Å². The van der Waals surface area contributed by atoms with Crippen LogP contribution in [0.15, 0.2) is 24.3 Å². The summed E-state index contributed by atoms with van der Waals surface area (Å²) in [6.45, 7) is 4.65. The summed E-state index contributed by atoms with van der Waals surface area (Å²) < 4.78 is 0. The summed E-state index contributed by atoms with van der Waals surface area (Å²) in [5.41, 5.74) is 2.47. The number of aryl methyl sites for hydroxylation is 1. The highest BCUT2D eigenvalue weighted by Gasteiger charge is 2.09. The Bertz CT molecular complexity index is 342. The fourth-order valence-electron chi connectivity index (χ4n) is 1.38. The van der Waals surface area contributed by atoms with Gasteiger partial charge in [-0.15, -0.1) is 12.4 Å².